The van der Waals surface area contributed by atoms with Crippen LogP contribution in [-0.2, 0) is 14.3 Å². The smallest absolute Gasteiger partial charge is 0.229 e. The molecule has 3 heterocycles. The van der Waals surface area contributed by atoms with Crippen LogP contribution < -0.4 is 10.0 Å². The van der Waals surface area contributed by atoms with E-state index >= 15 is 0 Å². The van der Waals surface area contributed by atoms with Crippen LogP contribution >= 0.6 is 11.6 Å². The molecule has 3 aliphatic rings. The first-order chi connectivity index (χ1) is 12.1. The molecule has 3 saturated heterocycles. The predicted octanol–water partition coefficient (Wildman–Crippen LogP) is 0.532. The van der Waals surface area contributed by atoms with Gasteiger partial charge in [0, 0.05) is 38.1 Å². The monoisotopic (exact) mass is 363 g/mol. The molecule has 4 rings (SSSR count). The second kappa shape index (κ2) is 6.50. The van der Waals surface area contributed by atoms with E-state index in [1.54, 1.807) is 4.90 Å². The van der Waals surface area contributed by atoms with E-state index in [1.165, 1.54) is 0 Å². The zero-order chi connectivity index (χ0) is 17.6. The number of carbonyl (C=O) groups is 2. The second-order valence-electron chi connectivity index (χ2n) is 6.92. The van der Waals surface area contributed by atoms with Crippen LogP contribution in [0.4, 0.5) is 5.69 Å². The van der Waals surface area contributed by atoms with Gasteiger partial charge in [0.25, 0.3) is 0 Å². The Morgan fingerprint density at radius 2 is 1.68 bits per heavy atom. The first-order valence-corrected chi connectivity index (χ1v) is 9.08. The molecule has 0 N–H and O–H groups in total. The lowest BCUT2D eigenvalue weighted by atomic mass is 9.78. The molecule has 0 aliphatic carbocycles. The number of benzene rings is 1. The van der Waals surface area contributed by atoms with Crippen LogP contribution in [0.3, 0.4) is 0 Å². The number of aliphatic carboxylic acids is 1. The third kappa shape index (κ3) is 2.87. The summed E-state index contributed by atoms with van der Waals surface area (Å²) >= 11 is 6.25. The van der Waals surface area contributed by atoms with Gasteiger partial charge in [0.1, 0.15) is 0 Å². The number of anilines is 1. The molecule has 25 heavy (non-hydrogen) atoms. The summed E-state index contributed by atoms with van der Waals surface area (Å²) in [5.74, 6) is -2.69. The number of hydrogen-bond acceptors (Lipinski definition) is 5. The maximum atomic E-state index is 12.9. The number of amides is 1. The fraction of sp³-hybridized carbons (Fsp3) is 0.556. The van der Waals surface area contributed by atoms with Gasteiger partial charge in [0.05, 0.1) is 28.8 Å². The van der Waals surface area contributed by atoms with Crippen LogP contribution in [0.5, 0.6) is 0 Å². The lowest BCUT2D eigenvalue weighted by Gasteiger charge is -2.39. The number of carboxylic acid groups (broad SMARTS) is 1. The summed E-state index contributed by atoms with van der Waals surface area (Å²) in [5.41, 5.74) is 0.965. The summed E-state index contributed by atoms with van der Waals surface area (Å²) in [6.07, 6.45) is 0.813. The molecule has 0 unspecified atom stereocenters. The molecular formula is C18H20ClN2O4-. The highest BCUT2D eigenvalue weighted by Gasteiger charge is 2.53. The van der Waals surface area contributed by atoms with Gasteiger partial charge in [-0.2, -0.15) is 0 Å². The maximum absolute atomic E-state index is 12.9. The second-order valence-corrected chi connectivity index (χ2v) is 7.33. The lowest BCUT2D eigenvalue weighted by Crippen LogP contribution is -2.54. The van der Waals surface area contributed by atoms with Gasteiger partial charge in [-0.05, 0) is 25.0 Å². The lowest BCUT2D eigenvalue weighted by molar-refractivity contribution is -0.314. The molecule has 134 valence electrons. The van der Waals surface area contributed by atoms with Crippen molar-refractivity contribution in [2.75, 3.05) is 31.1 Å². The van der Waals surface area contributed by atoms with Crippen molar-refractivity contribution in [3.05, 3.63) is 29.3 Å². The van der Waals surface area contributed by atoms with E-state index in [0.29, 0.717) is 37.6 Å². The van der Waals surface area contributed by atoms with E-state index in [4.69, 9.17) is 16.3 Å². The predicted molar refractivity (Wildman–Crippen MR) is 90.1 cm³/mol. The molecule has 3 aliphatic heterocycles. The van der Waals surface area contributed by atoms with Gasteiger partial charge in [-0.3, -0.25) is 4.79 Å². The minimum atomic E-state index is -1.17. The number of carboxylic acids is 1. The number of ether oxygens (including phenoxy) is 1. The Kier molecular flexibility index (Phi) is 4.33. The van der Waals surface area contributed by atoms with E-state index in [9.17, 15) is 14.7 Å². The summed E-state index contributed by atoms with van der Waals surface area (Å²) in [4.78, 5) is 28.3. The van der Waals surface area contributed by atoms with Gasteiger partial charge in [-0.1, -0.05) is 23.7 Å². The van der Waals surface area contributed by atoms with E-state index in [1.807, 2.05) is 24.3 Å². The number of para-hydroxylation sites is 1. The van der Waals surface area contributed by atoms with Gasteiger partial charge >= 0.3 is 0 Å². The average Bonchev–Trinajstić information content (AvgIpc) is 3.23. The number of nitrogens with zero attached hydrogens (tertiary/aromatic N) is 2. The molecule has 0 spiro atoms. The van der Waals surface area contributed by atoms with Crippen molar-refractivity contribution in [3.63, 3.8) is 0 Å². The van der Waals surface area contributed by atoms with Gasteiger partial charge < -0.3 is 24.4 Å². The fourth-order valence-corrected chi connectivity index (χ4v) is 4.63. The van der Waals surface area contributed by atoms with Crippen molar-refractivity contribution in [2.24, 2.45) is 11.8 Å². The van der Waals surface area contributed by atoms with Gasteiger partial charge in [0.15, 0.2) is 0 Å². The summed E-state index contributed by atoms with van der Waals surface area (Å²) in [6.45, 7) is 2.45. The molecule has 1 aromatic carbocycles. The highest BCUT2D eigenvalue weighted by Crippen LogP contribution is 2.44. The molecule has 7 heteroatoms. The molecule has 4 atom stereocenters. The van der Waals surface area contributed by atoms with Crippen molar-refractivity contribution in [2.45, 2.75) is 25.0 Å². The standard InChI is InChI=1S/C18H21ClN2O4/c19-11-3-1-2-4-12(11)20-7-9-21(10-8-20)17(22)15-13-5-6-14(25-13)16(15)18(23)24/h1-4,13-16H,5-10H2,(H,23,24)/p-1/t13-,14+,15+,16-/m0/s1. The van der Waals surface area contributed by atoms with E-state index in [2.05, 4.69) is 4.90 Å². The Bertz CT molecular complexity index is 689. The maximum Gasteiger partial charge on any atom is 0.229 e. The number of hydrogen-bond donors (Lipinski definition) is 0. The van der Waals surface area contributed by atoms with Crippen LogP contribution in [0.2, 0.25) is 5.02 Å². The molecule has 1 aromatic rings. The number of carbonyl (C=O) groups excluding carboxylic acids is 2. The molecule has 2 bridgehead atoms. The van der Waals surface area contributed by atoms with Crippen LogP contribution in [0.1, 0.15) is 12.8 Å². The fourth-order valence-electron chi connectivity index (χ4n) is 4.38. The molecule has 0 saturated carbocycles. The number of fused-ring (bicyclic) bond motifs is 2. The SMILES string of the molecule is O=C([O-])[C@@H]1[C@H](C(=O)N2CCN(c3ccccc3Cl)CC2)[C@@H]2CC[C@H]1O2. The van der Waals surface area contributed by atoms with Crippen molar-refractivity contribution in [1.29, 1.82) is 0 Å². The summed E-state index contributed by atoms with van der Waals surface area (Å²) < 4.78 is 5.68. The van der Waals surface area contributed by atoms with Crippen LogP contribution in [0, 0.1) is 11.8 Å². The van der Waals surface area contributed by atoms with Crippen molar-refractivity contribution < 1.29 is 19.4 Å². The Morgan fingerprint density at radius 3 is 2.32 bits per heavy atom. The number of piperazine rings is 1. The van der Waals surface area contributed by atoms with Gasteiger partial charge in [0.2, 0.25) is 5.91 Å². The highest BCUT2D eigenvalue weighted by molar-refractivity contribution is 6.33. The Hall–Kier alpha value is -1.79. The van der Waals surface area contributed by atoms with E-state index < -0.39 is 17.8 Å². The zero-order valence-electron chi connectivity index (χ0n) is 13.8. The Morgan fingerprint density at radius 1 is 1.04 bits per heavy atom. The first-order valence-electron chi connectivity index (χ1n) is 8.71. The van der Waals surface area contributed by atoms with Crippen LogP contribution in [0.25, 0.3) is 0 Å². The van der Waals surface area contributed by atoms with Gasteiger partial charge in [-0.25, -0.2) is 0 Å². The molecule has 1 amide bonds. The largest absolute Gasteiger partial charge is 0.550 e. The minimum absolute atomic E-state index is 0.111. The summed E-state index contributed by atoms with van der Waals surface area (Å²) in [5, 5.41) is 12.2. The normalized spacial score (nSPS) is 31.4. The van der Waals surface area contributed by atoms with Crippen LogP contribution in [0.15, 0.2) is 24.3 Å². The molecule has 6 nitrogen and oxygen atoms in total. The average molecular weight is 364 g/mol. The molecular weight excluding hydrogens is 344 g/mol. The summed E-state index contributed by atoms with van der Waals surface area (Å²) in [7, 11) is 0. The van der Waals surface area contributed by atoms with E-state index in [-0.39, 0.29) is 18.1 Å². The molecule has 3 fully saturated rings. The van der Waals surface area contributed by atoms with E-state index in [0.717, 1.165) is 12.1 Å². The quantitative estimate of drug-likeness (QED) is 0.783. The van der Waals surface area contributed by atoms with Crippen LogP contribution in [-0.4, -0.2) is 55.2 Å². The van der Waals surface area contributed by atoms with Crippen molar-refractivity contribution in [1.82, 2.24) is 4.90 Å². The zero-order valence-corrected chi connectivity index (χ0v) is 14.5. The minimum Gasteiger partial charge on any atom is -0.550 e. The Labute approximate surface area is 151 Å². The first kappa shape index (κ1) is 16.7. The Balaban J connectivity index is 1.43. The third-order valence-corrected chi connectivity index (χ3v) is 5.93. The van der Waals surface area contributed by atoms with Crippen molar-refractivity contribution in [3.8, 4) is 0 Å². The van der Waals surface area contributed by atoms with Gasteiger partial charge in [-0.15, -0.1) is 0 Å². The topological polar surface area (TPSA) is 72.9 Å². The highest BCUT2D eigenvalue weighted by atomic mass is 35.5. The molecule has 0 aromatic heterocycles. The number of rotatable bonds is 3. The van der Waals surface area contributed by atoms with Crippen molar-refractivity contribution >= 4 is 29.2 Å². The summed E-state index contributed by atoms with van der Waals surface area (Å²) in [6, 6.07) is 7.65. The third-order valence-electron chi connectivity index (χ3n) is 5.62. The number of halogens is 1. The molecule has 0 radical (unpaired) electrons.